The summed E-state index contributed by atoms with van der Waals surface area (Å²) in [5.74, 6) is 0.227. The fourth-order valence-electron chi connectivity index (χ4n) is 6.21. The number of halogens is 3. The van der Waals surface area contributed by atoms with Crippen molar-refractivity contribution in [2.45, 2.75) is 63.8 Å². The number of rotatable bonds is 10. The molecule has 2 aliphatic rings. The second kappa shape index (κ2) is 14.7. The molecule has 1 N–H and O–H groups in total. The van der Waals surface area contributed by atoms with Crippen LogP contribution in [-0.2, 0) is 17.6 Å². The maximum atomic E-state index is 14.7. The maximum absolute atomic E-state index is 14.7. The van der Waals surface area contributed by atoms with E-state index in [1.807, 2.05) is 11.0 Å². The van der Waals surface area contributed by atoms with E-state index in [0.29, 0.717) is 48.6 Å². The number of hydrogen-bond donors (Lipinski definition) is 1. The van der Waals surface area contributed by atoms with E-state index in [-0.39, 0.29) is 18.4 Å². The van der Waals surface area contributed by atoms with Gasteiger partial charge in [-0.15, -0.1) is 0 Å². The summed E-state index contributed by atoms with van der Waals surface area (Å²) in [7, 11) is 4.22. The van der Waals surface area contributed by atoms with Gasteiger partial charge in [0.2, 0.25) is 5.91 Å². The molecule has 2 atom stereocenters. The lowest BCUT2D eigenvalue weighted by molar-refractivity contribution is -0.134. The lowest BCUT2D eigenvalue weighted by atomic mass is 9.83. The van der Waals surface area contributed by atoms with Crippen LogP contribution in [-0.4, -0.2) is 79.5 Å². The van der Waals surface area contributed by atoms with Crippen LogP contribution >= 0.6 is 23.2 Å². The third kappa shape index (κ3) is 8.59. The zero-order valence-electron chi connectivity index (χ0n) is 24.5. The van der Waals surface area contributed by atoms with Crippen LogP contribution in [0.4, 0.5) is 9.18 Å². The van der Waals surface area contributed by atoms with Crippen molar-refractivity contribution >= 4 is 35.1 Å². The Bertz CT molecular complexity index is 1200. The van der Waals surface area contributed by atoms with Gasteiger partial charge in [-0.2, -0.15) is 0 Å². The second-order valence-corrected chi connectivity index (χ2v) is 12.7. The van der Waals surface area contributed by atoms with Crippen LogP contribution in [0.2, 0.25) is 10.0 Å². The molecule has 9 heteroatoms. The fraction of sp³-hybridized carbons (Fsp3) is 0.562. The minimum absolute atomic E-state index is 0.0763. The van der Waals surface area contributed by atoms with Crippen LogP contribution in [0.1, 0.15) is 61.6 Å². The first-order valence-corrected chi connectivity index (χ1v) is 15.6. The Morgan fingerprint density at radius 1 is 0.951 bits per heavy atom. The van der Waals surface area contributed by atoms with E-state index < -0.39 is 11.9 Å². The van der Waals surface area contributed by atoms with Gasteiger partial charge in [0, 0.05) is 49.2 Å². The number of benzene rings is 2. The number of likely N-dealkylation sites (tertiary alicyclic amines) is 2. The van der Waals surface area contributed by atoms with Crippen LogP contribution in [0.5, 0.6) is 0 Å². The fourth-order valence-corrected chi connectivity index (χ4v) is 6.57. The number of carbonyl (C=O) groups is 2. The van der Waals surface area contributed by atoms with Crippen LogP contribution in [0, 0.1) is 11.7 Å². The Kier molecular flexibility index (Phi) is 11.3. The molecule has 2 heterocycles. The Morgan fingerprint density at radius 2 is 1.61 bits per heavy atom. The first-order valence-electron chi connectivity index (χ1n) is 14.9. The van der Waals surface area contributed by atoms with Crippen molar-refractivity contribution in [3.8, 4) is 0 Å². The van der Waals surface area contributed by atoms with Crippen molar-refractivity contribution in [3.05, 3.63) is 69.0 Å². The molecular weight excluding hydrogens is 562 g/mol. The van der Waals surface area contributed by atoms with E-state index in [0.717, 1.165) is 50.1 Å². The lowest BCUT2D eigenvalue weighted by Crippen LogP contribution is -2.54. The number of piperidine rings is 1. The smallest absolute Gasteiger partial charge is 0.318 e. The van der Waals surface area contributed by atoms with Crippen molar-refractivity contribution in [2.24, 2.45) is 5.92 Å². The molecule has 0 bridgehead atoms. The number of hydrogen-bond acceptors (Lipinski definition) is 3. The summed E-state index contributed by atoms with van der Waals surface area (Å²) in [6, 6.07) is 9.57. The van der Waals surface area contributed by atoms with Gasteiger partial charge in [-0.3, -0.25) is 4.79 Å². The second-order valence-electron chi connectivity index (χ2n) is 11.8. The summed E-state index contributed by atoms with van der Waals surface area (Å²) in [5.41, 5.74) is 2.98. The average Bonchev–Trinajstić information content (AvgIpc) is 3.49. The van der Waals surface area contributed by atoms with Crippen LogP contribution in [0.15, 0.2) is 36.4 Å². The number of amides is 3. The highest BCUT2D eigenvalue weighted by molar-refractivity contribution is 6.30. The number of nitrogens with zero attached hydrogens (tertiary/aromatic N) is 3. The third-order valence-electron chi connectivity index (χ3n) is 8.49. The molecule has 41 heavy (non-hydrogen) atoms. The first kappa shape index (κ1) is 31.6. The summed E-state index contributed by atoms with van der Waals surface area (Å²) in [6.45, 7) is 5.76. The summed E-state index contributed by atoms with van der Waals surface area (Å²) in [6.07, 6.45) is 5.70. The average molecular weight is 606 g/mol. The molecule has 4 rings (SSSR count). The van der Waals surface area contributed by atoms with Gasteiger partial charge in [0.1, 0.15) is 11.9 Å². The Labute approximate surface area is 254 Å². The molecule has 2 aliphatic heterocycles. The van der Waals surface area contributed by atoms with E-state index in [4.69, 9.17) is 23.2 Å². The first-order chi connectivity index (χ1) is 19.6. The SMILES string of the molecule is CC[C@H](Cc1cc(Cl)ccc1C1CCN(C(=O)[C@@H](Cc2ccc(Cl)cc2F)NC(=O)N2CCCC2)CC1)CN(C)C. The van der Waals surface area contributed by atoms with Gasteiger partial charge in [0.05, 0.1) is 0 Å². The highest BCUT2D eigenvalue weighted by Gasteiger charge is 2.32. The van der Waals surface area contributed by atoms with Gasteiger partial charge in [-0.05, 0) is 99.0 Å². The molecule has 0 radical (unpaired) electrons. The predicted octanol–water partition coefficient (Wildman–Crippen LogP) is 6.39. The summed E-state index contributed by atoms with van der Waals surface area (Å²) >= 11 is 12.4. The quantitative estimate of drug-likeness (QED) is 0.342. The molecule has 0 spiro atoms. The standard InChI is InChI=1S/C32H43Cl2FN4O2/c1-4-22(21-37(2)3)17-25-18-26(33)9-10-28(25)23-11-15-38(16-12-23)31(40)30(36-32(41)39-13-5-6-14-39)19-24-7-8-27(34)20-29(24)35/h7-10,18,20,22-23,30H,4-6,11-17,19,21H2,1-3H3,(H,36,41)/t22-,30-/m1/s1. The molecule has 2 saturated heterocycles. The molecule has 0 saturated carbocycles. The van der Waals surface area contributed by atoms with Crippen molar-refractivity contribution < 1.29 is 14.0 Å². The summed E-state index contributed by atoms with van der Waals surface area (Å²) in [4.78, 5) is 32.6. The van der Waals surface area contributed by atoms with Gasteiger partial charge < -0.3 is 20.0 Å². The predicted molar refractivity (Wildman–Crippen MR) is 164 cm³/mol. The van der Waals surface area contributed by atoms with Gasteiger partial charge in [-0.1, -0.05) is 48.7 Å². The highest BCUT2D eigenvalue weighted by Crippen LogP contribution is 2.34. The van der Waals surface area contributed by atoms with E-state index in [1.54, 1.807) is 17.0 Å². The number of urea groups is 1. The molecule has 6 nitrogen and oxygen atoms in total. The zero-order valence-corrected chi connectivity index (χ0v) is 26.0. The van der Waals surface area contributed by atoms with Gasteiger partial charge in [0.15, 0.2) is 0 Å². The maximum Gasteiger partial charge on any atom is 0.318 e. The summed E-state index contributed by atoms with van der Waals surface area (Å²) < 4.78 is 14.7. The highest BCUT2D eigenvalue weighted by atomic mass is 35.5. The van der Waals surface area contributed by atoms with Crippen LogP contribution in [0.3, 0.4) is 0 Å². The van der Waals surface area contributed by atoms with Crippen molar-refractivity contribution in [1.29, 1.82) is 0 Å². The normalized spacial score (nSPS) is 17.6. The van der Waals surface area contributed by atoms with E-state index in [9.17, 15) is 14.0 Å². The molecule has 224 valence electrons. The van der Waals surface area contributed by atoms with Gasteiger partial charge >= 0.3 is 6.03 Å². The van der Waals surface area contributed by atoms with E-state index >= 15 is 0 Å². The number of nitrogens with one attached hydrogen (secondary N) is 1. The van der Waals surface area contributed by atoms with E-state index in [1.165, 1.54) is 17.2 Å². The van der Waals surface area contributed by atoms with Gasteiger partial charge in [-0.25, -0.2) is 9.18 Å². The minimum atomic E-state index is -0.849. The largest absolute Gasteiger partial charge is 0.341 e. The van der Waals surface area contributed by atoms with Crippen molar-refractivity contribution in [3.63, 3.8) is 0 Å². The topological polar surface area (TPSA) is 55.9 Å². The molecule has 0 aliphatic carbocycles. The zero-order chi connectivity index (χ0) is 29.5. The molecule has 3 amide bonds. The van der Waals surface area contributed by atoms with Crippen LogP contribution < -0.4 is 5.32 Å². The Hall–Kier alpha value is -2.35. The third-order valence-corrected chi connectivity index (χ3v) is 8.96. The monoisotopic (exact) mass is 604 g/mol. The van der Waals surface area contributed by atoms with Crippen LogP contribution in [0.25, 0.3) is 0 Å². The molecular formula is C32H43Cl2FN4O2. The number of carbonyl (C=O) groups excluding carboxylic acids is 2. The molecule has 0 unspecified atom stereocenters. The van der Waals surface area contributed by atoms with Crippen molar-refractivity contribution in [2.75, 3.05) is 46.8 Å². The Balaban J connectivity index is 1.46. The molecule has 2 fully saturated rings. The van der Waals surface area contributed by atoms with E-state index in [2.05, 4.69) is 43.4 Å². The molecule has 0 aromatic heterocycles. The minimum Gasteiger partial charge on any atom is -0.341 e. The Morgan fingerprint density at radius 3 is 2.24 bits per heavy atom. The van der Waals surface area contributed by atoms with Gasteiger partial charge in [0.25, 0.3) is 0 Å². The summed E-state index contributed by atoms with van der Waals surface area (Å²) in [5, 5.41) is 3.97. The lowest BCUT2D eigenvalue weighted by Gasteiger charge is -2.36. The molecule has 2 aromatic rings. The molecule has 2 aromatic carbocycles. The van der Waals surface area contributed by atoms with Crippen molar-refractivity contribution in [1.82, 2.24) is 20.0 Å².